The van der Waals surface area contributed by atoms with E-state index in [0.29, 0.717) is 23.5 Å². The lowest BCUT2D eigenvalue weighted by Gasteiger charge is -2.22. The van der Waals surface area contributed by atoms with Gasteiger partial charge in [-0.05, 0) is 52.7 Å². The van der Waals surface area contributed by atoms with Crippen LogP contribution in [-0.2, 0) is 33.3 Å². The lowest BCUT2D eigenvalue weighted by atomic mass is 9.99. The first-order valence-electron chi connectivity index (χ1n) is 20.6. The third-order valence-corrected chi connectivity index (χ3v) is 10.7. The fourth-order valence-corrected chi connectivity index (χ4v) is 6.87. The number of phenols is 1. The molecule has 350 valence electrons. The number of fused-ring (bicyclic) bond motifs is 3. The predicted molar refractivity (Wildman–Crippen MR) is 233 cm³/mol. The molecule has 3 N–H and O–H groups in total. The van der Waals surface area contributed by atoms with Gasteiger partial charge in [0.15, 0.2) is 47.1 Å². The van der Waals surface area contributed by atoms with E-state index in [2.05, 4.69) is 0 Å². The maximum atomic E-state index is 13.4. The molecule has 3 heterocycles. The van der Waals surface area contributed by atoms with Crippen LogP contribution in [0.4, 0.5) is 0 Å². The minimum atomic E-state index is -1.59. The molecule has 0 spiro atoms. The Bertz CT molecular complexity index is 2120. The second kappa shape index (κ2) is 22.8. The molecule has 8 atom stereocenters. The topological polar surface area (TPSA) is 221 Å². The lowest BCUT2D eigenvalue weighted by Crippen LogP contribution is -2.32. The largest absolute Gasteiger partial charge is 0.507 e. The number of ketones is 2. The lowest BCUT2D eigenvalue weighted by molar-refractivity contribution is -0.152. The van der Waals surface area contributed by atoms with Crippen molar-refractivity contribution in [3.05, 3.63) is 70.8 Å². The van der Waals surface area contributed by atoms with E-state index >= 15 is 0 Å². The van der Waals surface area contributed by atoms with Gasteiger partial charge in [0.05, 0.1) is 40.6 Å². The van der Waals surface area contributed by atoms with E-state index in [1.165, 1.54) is 65.9 Å². The number of benzene rings is 2. The fraction of sp³-hybridized carbons (Fsp3) is 0.489. The van der Waals surface area contributed by atoms with E-state index in [9.17, 15) is 34.5 Å². The van der Waals surface area contributed by atoms with Gasteiger partial charge in [-0.15, -0.1) is 0 Å². The average molecular weight is 897 g/mol. The first-order chi connectivity index (χ1) is 30.3. The molecule has 0 unspecified atom stereocenters. The van der Waals surface area contributed by atoms with Crippen molar-refractivity contribution < 1.29 is 81.9 Å². The second-order valence-corrected chi connectivity index (χ2v) is 15.7. The van der Waals surface area contributed by atoms with Crippen LogP contribution in [0.3, 0.4) is 0 Å². The van der Waals surface area contributed by atoms with Crippen molar-refractivity contribution in [3.8, 4) is 34.5 Å². The molecule has 0 radical (unpaired) electrons. The molecule has 1 fully saturated rings. The number of hydrogen-bond donors (Lipinski definition) is 3. The minimum Gasteiger partial charge on any atom is -0.507 e. The van der Waals surface area contributed by atoms with Crippen LogP contribution in [0.2, 0.25) is 0 Å². The SMILES string of the molecule is COCOc1cc(OC)c(OC)c2c1C(=O)O[C@@H](C)[C@H](C)/C=C\C(=O)[C@H]1OC(C)(C)O[C@H]1CC=C2.COc1cc(O)c2c(c1OC)/C=C/C[C@H](O)[C@H](O)C(=O)/C=C\[C@@H](C)[C@H](C)OC2=O. The van der Waals surface area contributed by atoms with E-state index in [4.69, 9.17) is 47.4 Å². The first kappa shape index (κ1) is 50.9. The summed E-state index contributed by atoms with van der Waals surface area (Å²) in [6.07, 6.45) is 7.13. The number of phenolic OH excluding ortho intramolecular Hbond substituents is 1. The molecule has 2 aromatic carbocycles. The van der Waals surface area contributed by atoms with Gasteiger partial charge >= 0.3 is 11.9 Å². The Morgan fingerprint density at radius 1 is 0.656 bits per heavy atom. The van der Waals surface area contributed by atoms with Gasteiger partial charge in [0.2, 0.25) is 0 Å². The molecule has 0 aromatic heterocycles. The zero-order valence-electron chi connectivity index (χ0n) is 38.1. The summed E-state index contributed by atoms with van der Waals surface area (Å²) in [4.78, 5) is 51.2. The zero-order valence-corrected chi connectivity index (χ0v) is 38.1. The molecule has 0 aliphatic carbocycles. The van der Waals surface area contributed by atoms with Crippen molar-refractivity contribution in [1.29, 1.82) is 0 Å². The maximum absolute atomic E-state index is 13.4. The summed E-state index contributed by atoms with van der Waals surface area (Å²) in [5, 5.41) is 30.5. The van der Waals surface area contributed by atoms with Gasteiger partial charge in [0.1, 0.15) is 47.0 Å². The van der Waals surface area contributed by atoms with Crippen LogP contribution in [0.5, 0.6) is 34.5 Å². The number of rotatable bonds is 7. The highest BCUT2D eigenvalue weighted by atomic mass is 16.8. The maximum Gasteiger partial charge on any atom is 0.342 e. The number of aliphatic hydroxyl groups excluding tert-OH is 2. The highest BCUT2D eigenvalue weighted by molar-refractivity contribution is 6.00. The molecule has 3 aliphatic rings. The summed E-state index contributed by atoms with van der Waals surface area (Å²) in [6.45, 7) is 10.5. The second-order valence-electron chi connectivity index (χ2n) is 15.7. The number of cyclic esters (lactones) is 2. The summed E-state index contributed by atoms with van der Waals surface area (Å²) in [6, 6.07) is 2.81. The number of hydrogen-bond acceptors (Lipinski definition) is 17. The molecule has 0 amide bonds. The van der Waals surface area contributed by atoms with Gasteiger partial charge in [-0.1, -0.05) is 50.3 Å². The Balaban J connectivity index is 0.000000286. The van der Waals surface area contributed by atoms with Gasteiger partial charge < -0.3 is 62.7 Å². The highest BCUT2D eigenvalue weighted by Crippen LogP contribution is 2.43. The first-order valence-corrected chi connectivity index (χ1v) is 20.6. The number of carbonyl (C=O) groups excluding carboxylic acids is 4. The van der Waals surface area contributed by atoms with Crippen LogP contribution in [0, 0.1) is 11.8 Å². The minimum absolute atomic E-state index is 0.0810. The number of esters is 2. The van der Waals surface area contributed by atoms with Crippen LogP contribution in [0.1, 0.15) is 86.2 Å². The molecule has 2 aromatic rings. The van der Waals surface area contributed by atoms with Crippen LogP contribution in [0.25, 0.3) is 12.2 Å². The van der Waals surface area contributed by atoms with Crippen molar-refractivity contribution in [3.63, 3.8) is 0 Å². The summed E-state index contributed by atoms with van der Waals surface area (Å²) in [5.41, 5.74) is 0.656. The Kier molecular flexibility index (Phi) is 18.1. The Labute approximate surface area is 373 Å². The molecule has 5 rings (SSSR count). The van der Waals surface area contributed by atoms with Crippen molar-refractivity contribution in [2.45, 2.75) is 96.8 Å². The Morgan fingerprint density at radius 2 is 1.17 bits per heavy atom. The van der Waals surface area contributed by atoms with E-state index in [-0.39, 0.29) is 70.5 Å². The standard InChI is InChI=1S/C26H34O9.C21H26O8/c1-15-11-12-18(27)24-19(34-26(3,4)35-24)10-8-9-17-22(25(28)33-16(15)2)20(32-14-29-5)13-21(30-6)23(17)31-7;1-11-8-9-15(23)19(25)14(22)7-5-6-13-18(21(26)29-12(11)2)16(24)10-17(27-3)20(13)28-4/h8-9,11-13,15-16,19,24H,10,14H2,1-7H3;5-6,8-12,14,19,22,24-25H,7H2,1-4H3/b9-8?,12-11-;6-5+,9-8-/t15-,16+,19+,24-;11-,12+,14+,19+/m11/s1. The molecule has 0 saturated carbocycles. The third-order valence-electron chi connectivity index (χ3n) is 10.7. The molecule has 64 heavy (non-hydrogen) atoms. The van der Waals surface area contributed by atoms with Crippen molar-refractivity contribution in [2.24, 2.45) is 11.8 Å². The number of ether oxygens (including phenoxy) is 10. The molecular formula is C47H60O17. The smallest absolute Gasteiger partial charge is 0.342 e. The molecule has 3 aliphatic heterocycles. The van der Waals surface area contributed by atoms with Gasteiger partial charge in [-0.2, -0.15) is 0 Å². The quantitative estimate of drug-likeness (QED) is 0.221. The Hall–Kier alpha value is -5.72. The van der Waals surface area contributed by atoms with E-state index in [1.54, 1.807) is 58.9 Å². The number of methoxy groups -OCH3 is 5. The van der Waals surface area contributed by atoms with Gasteiger partial charge in [-0.25, -0.2) is 9.59 Å². The molecule has 0 bridgehead atoms. The van der Waals surface area contributed by atoms with Crippen molar-refractivity contribution in [1.82, 2.24) is 0 Å². The predicted octanol–water partition coefficient (Wildman–Crippen LogP) is 5.79. The summed E-state index contributed by atoms with van der Waals surface area (Å²) < 4.78 is 55.5. The molecule has 1 saturated heterocycles. The van der Waals surface area contributed by atoms with Crippen molar-refractivity contribution in [2.75, 3.05) is 42.3 Å². The van der Waals surface area contributed by atoms with Gasteiger partial charge in [-0.3, -0.25) is 9.59 Å². The van der Waals surface area contributed by atoms with Crippen molar-refractivity contribution >= 4 is 35.7 Å². The van der Waals surface area contributed by atoms with Crippen LogP contribution >= 0.6 is 0 Å². The van der Waals surface area contributed by atoms with Crippen LogP contribution in [-0.4, -0.2) is 124 Å². The fourth-order valence-electron chi connectivity index (χ4n) is 6.87. The molecule has 17 heteroatoms. The number of aliphatic hydroxyl groups is 2. The molecular weight excluding hydrogens is 836 g/mol. The summed E-state index contributed by atoms with van der Waals surface area (Å²) >= 11 is 0. The molecule has 17 nitrogen and oxygen atoms in total. The van der Waals surface area contributed by atoms with Crippen LogP contribution in [0.15, 0.2) is 48.6 Å². The number of carbonyl (C=O) groups is 4. The highest BCUT2D eigenvalue weighted by Gasteiger charge is 2.44. The Morgan fingerprint density at radius 3 is 1.72 bits per heavy atom. The normalized spacial score (nSPS) is 27.6. The summed E-state index contributed by atoms with van der Waals surface area (Å²) in [7, 11) is 7.23. The van der Waals surface area contributed by atoms with Gasteiger partial charge in [0, 0.05) is 42.2 Å². The third kappa shape index (κ3) is 12.3. The zero-order chi connectivity index (χ0) is 47.5. The summed E-state index contributed by atoms with van der Waals surface area (Å²) in [5.74, 6) is -2.78. The van der Waals surface area contributed by atoms with E-state index in [0.717, 1.165) is 6.08 Å². The average Bonchev–Trinajstić information content (AvgIpc) is 3.58. The van der Waals surface area contributed by atoms with E-state index < -0.39 is 60.1 Å². The van der Waals surface area contributed by atoms with Gasteiger partial charge in [0.25, 0.3) is 0 Å². The van der Waals surface area contributed by atoms with Crippen LogP contribution < -0.4 is 23.7 Å². The number of aromatic hydroxyl groups is 1. The monoisotopic (exact) mass is 896 g/mol. The van der Waals surface area contributed by atoms with E-state index in [1.807, 2.05) is 6.92 Å².